The van der Waals surface area contributed by atoms with Crippen molar-refractivity contribution in [3.05, 3.63) is 59.7 Å². The van der Waals surface area contributed by atoms with Gasteiger partial charge in [-0.1, -0.05) is 29.8 Å². The Morgan fingerprint density at radius 3 is 2.17 bits per heavy atom. The third kappa shape index (κ3) is 7.60. The van der Waals surface area contributed by atoms with Gasteiger partial charge < -0.3 is 20.1 Å². The number of ether oxygens (including phenoxy) is 1. The molecule has 1 aliphatic rings. The Labute approximate surface area is 236 Å². The molecule has 10 nitrogen and oxygen atoms in total. The Morgan fingerprint density at radius 1 is 1.02 bits per heavy atom. The van der Waals surface area contributed by atoms with Gasteiger partial charge in [0.2, 0.25) is 15.9 Å². The molecule has 1 saturated heterocycles. The molecule has 0 saturated carbocycles. The zero-order chi connectivity index (χ0) is 29.6. The first kappa shape index (κ1) is 31.1. The van der Waals surface area contributed by atoms with E-state index in [2.05, 4.69) is 5.32 Å². The summed E-state index contributed by atoms with van der Waals surface area (Å²) in [6, 6.07) is 10.9. The molecule has 0 unspecified atom stereocenters. The van der Waals surface area contributed by atoms with Gasteiger partial charge in [0.1, 0.15) is 17.8 Å². The van der Waals surface area contributed by atoms with Crippen LogP contribution in [0.1, 0.15) is 51.7 Å². The number of aryl methyl sites for hydroxylation is 1. The number of carbonyl (C=O) groups excluding carboxylic acids is 2. The van der Waals surface area contributed by atoms with E-state index >= 15 is 0 Å². The van der Waals surface area contributed by atoms with Crippen molar-refractivity contribution >= 4 is 27.8 Å². The second-order valence-electron chi connectivity index (χ2n) is 10.6. The fraction of sp³-hybridized carbons (Fsp3) is 0.483. The molecule has 0 bridgehead atoms. The van der Waals surface area contributed by atoms with Crippen LogP contribution >= 0.6 is 0 Å². The minimum Gasteiger partial charge on any atom is -0.484 e. The van der Waals surface area contributed by atoms with Crippen LogP contribution in [0.25, 0.3) is 0 Å². The standard InChI is InChI=1S/C29H39N3O7S/c1-19(2)32(20(3)4)27(33)18-39-23-12-10-22(11-13-23)17-25(29(35)36)30-28(34)26-7-6-16-31(26)40(37,38)24-14-8-21(5)9-15-24/h8-15,19-20,25-26H,6-7,16-18H2,1-5H3,(H,30,34)(H,35,36)/t25-,26-/m0/s1. The van der Waals surface area contributed by atoms with Crippen LogP contribution in [0.2, 0.25) is 0 Å². The summed E-state index contributed by atoms with van der Waals surface area (Å²) in [5.41, 5.74) is 1.55. The Kier molecular flexibility index (Phi) is 10.3. The number of nitrogens with one attached hydrogen (secondary N) is 1. The van der Waals surface area contributed by atoms with Crippen molar-refractivity contribution in [2.45, 2.75) is 82.9 Å². The summed E-state index contributed by atoms with van der Waals surface area (Å²) in [5.74, 6) is -1.54. The molecule has 0 spiro atoms. The zero-order valence-electron chi connectivity index (χ0n) is 23.7. The van der Waals surface area contributed by atoms with Gasteiger partial charge in [-0.05, 0) is 77.3 Å². The minimum absolute atomic E-state index is 0.00775. The van der Waals surface area contributed by atoms with Crippen LogP contribution in [0, 0.1) is 6.92 Å². The third-order valence-electron chi connectivity index (χ3n) is 6.87. The summed E-state index contributed by atoms with van der Waals surface area (Å²) in [5, 5.41) is 12.3. The average Bonchev–Trinajstić information content (AvgIpc) is 3.39. The summed E-state index contributed by atoms with van der Waals surface area (Å²) < 4.78 is 33.2. The first-order chi connectivity index (χ1) is 18.8. The first-order valence-corrected chi connectivity index (χ1v) is 14.9. The van der Waals surface area contributed by atoms with Crippen molar-refractivity contribution in [1.29, 1.82) is 0 Å². The SMILES string of the molecule is Cc1ccc(S(=O)(=O)N2CCC[C@H]2C(=O)N[C@@H](Cc2ccc(OCC(=O)N(C(C)C)C(C)C)cc2)C(=O)O)cc1. The second-order valence-corrected chi connectivity index (χ2v) is 12.5. The van der Waals surface area contributed by atoms with E-state index in [0.29, 0.717) is 24.2 Å². The van der Waals surface area contributed by atoms with Crippen molar-refractivity contribution < 1.29 is 32.6 Å². The molecule has 0 radical (unpaired) electrons. The topological polar surface area (TPSA) is 133 Å². The van der Waals surface area contributed by atoms with Crippen molar-refractivity contribution in [3.8, 4) is 5.75 Å². The number of carboxylic acids is 1. The molecule has 218 valence electrons. The van der Waals surface area contributed by atoms with Crippen molar-refractivity contribution in [2.75, 3.05) is 13.2 Å². The lowest BCUT2D eigenvalue weighted by atomic mass is 10.1. The molecule has 0 aromatic heterocycles. The van der Waals surface area contributed by atoms with Crippen molar-refractivity contribution in [2.24, 2.45) is 0 Å². The predicted octanol–water partition coefficient (Wildman–Crippen LogP) is 2.98. The second kappa shape index (κ2) is 13.3. The van der Waals surface area contributed by atoms with Gasteiger partial charge >= 0.3 is 5.97 Å². The summed E-state index contributed by atoms with van der Waals surface area (Å²) in [4.78, 5) is 39.5. The highest BCUT2D eigenvalue weighted by molar-refractivity contribution is 7.89. The molecule has 1 aliphatic heterocycles. The molecule has 2 aromatic rings. The maximum atomic E-state index is 13.2. The number of amides is 2. The Hall–Kier alpha value is -3.44. The minimum atomic E-state index is -3.91. The van der Waals surface area contributed by atoms with Crippen LogP contribution in [-0.2, 0) is 30.8 Å². The van der Waals surface area contributed by atoms with E-state index < -0.39 is 34.0 Å². The number of hydrogen-bond acceptors (Lipinski definition) is 6. The van der Waals surface area contributed by atoms with E-state index in [1.54, 1.807) is 41.3 Å². The Morgan fingerprint density at radius 2 is 1.62 bits per heavy atom. The molecule has 2 aromatic carbocycles. The number of aliphatic carboxylic acids is 1. The highest BCUT2D eigenvalue weighted by Crippen LogP contribution is 2.27. The van der Waals surface area contributed by atoms with E-state index in [4.69, 9.17) is 4.74 Å². The van der Waals surface area contributed by atoms with E-state index in [-0.39, 0.29) is 42.5 Å². The predicted molar refractivity (Wildman–Crippen MR) is 150 cm³/mol. The highest BCUT2D eigenvalue weighted by Gasteiger charge is 2.40. The number of rotatable bonds is 12. The maximum absolute atomic E-state index is 13.2. The van der Waals surface area contributed by atoms with Crippen LogP contribution in [0.5, 0.6) is 5.75 Å². The van der Waals surface area contributed by atoms with Crippen LogP contribution in [0.4, 0.5) is 0 Å². The van der Waals surface area contributed by atoms with Crippen LogP contribution in [0.3, 0.4) is 0 Å². The number of benzene rings is 2. The summed E-state index contributed by atoms with van der Waals surface area (Å²) in [6.45, 7) is 9.68. The molecule has 0 aliphatic carbocycles. The van der Waals surface area contributed by atoms with Crippen LogP contribution in [-0.4, -0.2) is 77.8 Å². The van der Waals surface area contributed by atoms with E-state index in [1.807, 2.05) is 34.6 Å². The van der Waals surface area contributed by atoms with Crippen LogP contribution < -0.4 is 10.1 Å². The lowest BCUT2D eigenvalue weighted by Crippen LogP contribution is -2.51. The monoisotopic (exact) mass is 573 g/mol. The molecule has 1 fully saturated rings. The Balaban J connectivity index is 1.63. The molecule has 2 N–H and O–H groups in total. The van der Waals surface area contributed by atoms with E-state index in [9.17, 15) is 27.9 Å². The normalized spacial score (nSPS) is 16.6. The van der Waals surface area contributed by atoms with Gasteiger partial charge in [0.15, 0.2) is 6.61 Å². The average molecular weight is 574 g/mol. The van der Waals surface area contributed by atoms with Gasteiger partial charge in [-0.25, -0.2) is 13.2 Å². The first-order valence-electron chi connectivity index (χ1n) is 13.5. The van der Waals surface area contributed by atoms with Gasteiger partial charge in [-0.15, -0.1) is 0 Å². The quantitative estimate of drug-likeness (QED) is 0.399. The van der Waals surface area contributed by atoms with Crippen molar-refractivity contribution in [1.82, 2.24) is 14.5 Å². The molecule has 1 heterocycles. The van der Waals surface area contributed by atoms with Gasteiger partial charge in [-0.2, -0.15) is 4.31 Å². The molecule has 2 atom stereocenters. The van der Waals surface area contributed by atoms with Gasteiger partial charge in [0.05, 0.1) is 4.90 Å². The Bertz CT molecular complexity index is 1280. The molecule has 40 heavy (non-hydrogen) atoms. The molecule has 2 amide bonds. The van der Waals surface area contributed by atoms with Gasteiger partial charge in [-0.3, -0.25) is 9.59 Å². The van der Waals surface area contributed by atoms with E-state index in [1.165, 1.54) is 12.1 Å². The molecular formula is C29H39N3O7S. The maximum Gasteiger partial charge on any atom is 0.326 e. The van der Waals surface area contributed by atoms with Crippen LogP contribution in [0.15, 0.2) is 53.4 Å². The highest BCUT2D eigenvalue weighted by atomic mass is 32.2. The number of nitrogens with zero attached hydrogens (tertiary/aromatic N) is 2. The van der Waals surface area contributed by atoms with Gasteiger partial charge in [0, 0.05) is 25.0 Å². The largest absolute Gasteiger partial charge is 0.484 e. The molecular weight excluding hydrogens is 534 g/mol. The number of carbonyl (C=O) groups is 3. The fourth-order valence-corrected chi connectivity index (χ4v) is 6.61. The summed E-state index contributed by atoms with van der Waals surface area (Å²) >= 11 is 0. The number of carboxylic acid groups (broad SMARTS) is 1. The van der Waals surface area contributed by atoms with Crippen molar-refractivity contribution in [3.63, 3.8) is 0 Å². The lowest BCUT2D eigenvalue weighted by molar-refractivity contribution is -0.142. The smallest absolute Gasteiger partial charge is 0.326 e. The molecule has 11 heteroatoms. The third-order valence-corrected chi connectivity index (χ3v) is 8.80. The van der Waals surface area contributed by atoms with E-state index in [0.717, 1.165) is 9.87 Å². The summed E-state index contributed by atoms with van der Waals surface area (Å²) in [7, 11) is -3.91. The summed E-state index contributed by atoms with van der Waals surface area (Å²) in [6.07, 6.45) is 0.794. The number of hydrogen-bond donors (Lipinski definition) is 2. The zero-order valence-corrected chi connectivity index (χ0v) is 24.5. The molecule has 3 rings (SSSR count). The van der Waals surface area contributed by atoms with Gasteiger partial charge in [0.25, 0.3) is 5.91 Å². The number of sulfonamides is 1. The fourth-order valence-electron chi connectivity index (χ4n) is 4.95. The lowest BCUT2D eigenvalue weighted by Gasteiger charge is -2.30.